The summed E-state index contributed by atoms with van der Waals surface area (Å²) in [7, 11) is 1.53. The first-order valence-electron chi connectivity index (χ1n) is 7.62. The molecule has 0 radical (unpaired) electrons. The first kappa shape index (κ1) is 18.9. The first-order valence-corrected chi connectivity index (χ1v) is 9.66. The summed E-state index contributed by atoms with van der Waals surface area (Å²) in [6.45, 7) is 0. The number of ether oxygens (including phenoxy) is 1. The number of nitrogens with zero attached hydrogens (tertiary/aromatic N) is 3. The van der Waals surface area contributed by atoms with Crippen LogP contribution in [0, 0.1) is 0 Å². The van der Waals surface area contributed by atoms with Crippen LogP contribution in [0.4, 0.5) is 13.2 Å². The molecule has 2 aromatic heterocycles. The molecule has 4 rings (SSSR count). The van der Waals surface area contributed by atoms with Crippen LogP contribution in [0.2, 0.25) is 0 Å². The van der Waals surface area contributed by atoms with Gasteiger partial charge in [0, 0.05) is 5.56 Å². The number of carbonyl (C=O) groups is 1. The molecule has 6 nitrogen and oxygen atoms in total. The maximum atomic E-state index is 13.1. The summed E-state index contributed by atoms with van der Waals surface area (Å²) in [4.78, 5) is 16.6. The number of aromatic nitrogens is 3. The highest BCUT2D eigenvalue weighted by Crippen LogP contribution is 2.37. The number of carbonyl (C=O) groups excluding carboxylic acids is 1. The summed E-state index contributed by atoms with van der Waals surface area (Å²) >= 11 is 6.42. The van der Waals surface area contributed by atoms with Crippen molar-refractivity contribution in [2.45, 2.75) is 6.18 Å². The van der Waals surface area contributed by atoms with E-state index in [-0.39, 0.29) is 19.9 Å². The summed E-state index contributed by atoms with van der Waals surface area (Å²) in [5, 5.41) is 5.11. The minimum absolute atomic E-state index is 0.0657. The van der Waals surface area contributed by atoms with Crippen molar-refractivity contribution in [2.24, 2.45) is 0 Å². The van der Waals surface area contributed by atoms with Gasteiger partial charge in [-0.25, -0.2) is 9.50 Å². The van der Waals surface area contributed by atoms with Gasteiger partial charge in [-0.05, 0) is 30.3 Å². The van der Waals surface area contributed by atoms with Crippen molar-refractivity contribution < 1.29 is 22.7 Å². The Bertz CT molecular complexity index is 1130. The fourth-order valence-electron chi connectivity index (χ4n) is 2.51. The van der Waals surface area contributed by atoms with Gasteiger partial charge in [0.05, 0.1) is 23.4 Å². The number of amides is 1. The van der Waals surface area contributed by atoms with E-state index in [2.05, 4.69) is 15.4 Å². The van der Waals surface area contributed by atoms with Crippen molar-refractivity contribution >= 4 is 56.6 Å². The lowest BCUT2D eigenvalue weighted by molar-refractivity contribution is -0.138. The Kier molecular flexibility index (Phi) is 4.63. The Morgan fingerprint density at radius 1 is 1.29 bits per heavy atom. The van der Waals surface area contributed by atoms with E-state index in [0.717, 1.165) is 16.3 Å². The second kappa shape index (κ2) is 6.87. The number of imidazole rings is 1. The maximum absolute atomic E-state index is 13.1. The second-order valence-corrected chi connectivity index (χ2v) is 8.20. The predicted octanol–water partition coefficient (Wildman–Crippen LogP) is 3.97. The highest BCUT2D eigenvalue weighted by Gasteiger charge is 2.36. The average Bonchev–Trinajstić information content (AvgIpc) is 3.29. The van der Waals surface area contributed by atoms with Crippen molar-refractivity contribution in [1.29, 1.82) is 0 Å². The number of hydrogen-bond donors (Lipinski definition) is 1. The summed E-state index contributed by atoms with van der Waals surface area (Å²) in [5.41, 5.74) is 1.30. The highest BCUT2D eigenvalue weighted by atomic mass is 32.2. The minimum Gasteiger partial charge on any atom is -0.497 e. The maximum Gasteiger partial charge on any atom is 0.445 e. The minimum atomic E-state index is -4.59. The molecule has 0 bridgehead atoms. The van der Waals surface area contributed by atoms with E-state index in [9.17, 15) is 18.0 Å². The van der Waals surface area contributed by atoms with Crippen molar-refractivity contribution in [3.63, 3.8) is 0 Å². The van der Waals surface area contributed by atoms with Gasteiger partial charge in [0.1, 0.15) is 10.1 Å². The Hall–Kier alpha value is -2.44. The van der Waals surface area contributed by atoms with E-state index in [1.165, 1.54) is 13.2 Å². The van der Waals surface area contributed by atoms with E-state index < -0.39 is 17.1 Å². The van der Waals surface area contributed by atoms with Crippen LogP contribution in [-0.4, -0.2) is 31.9 Å². The molecule has 3 aromatic rings. The molecule has 0 aliphatic carbocycles. The Labute approximate surface area is 169 Å². The third-order valence-corrected chi connectivity index (χ3v) is 5.87. The molecule has 28 heavy (non-hydrogen) atoms. The number of benzene rings is 1. The Morgan fingerprint density at radius 3 is 2.57 bits per heavy atom. The van der Waals surface area contributed by atoms with Crippen LogP contribution < -0.4 is 10.1 Å². The molecule has 1 aliphatic rings. The molecule has 144 valence electrons. The molecule has 3 heterocycles. The molecule has 1 N–H and O–H groups in total. The van der Waals surface area contributed by atoms with Gasteiger partial charge < -0.3 is 10.1 Å². The van der Waals surface area contributed by atoms with Crippen molar-refractivity contribution in [1.82, 2.24) is 19.9 Å². The van der Waals surface area contributed by atoms with Crippen molar-refractivity contribution in [2.75, 3.05) is 7.11 Å². The molecule has 1 saturated heterocycles. The first-order chi connectivity index (χ1) is 13.3. The van der Waals surface area contributed by atoms with Gasteiger partial charge >= 0.3 is 6.18 Å². The number of alkyl halides is 3. The number of fused-ring (bicyclic) bond motifs is 1. The molecular weight excluding hydrogens is 433 g/mol. The number of rotatable bonds is 3. The van der Waals surface area contributed by atoms with Crippen LogP contribution >= 0.6 is 35.3 Å². The number of thioether (sulfide) groups is 1. The molecule has 1 aromatic carbocycles. The molecule has 0 spiro atoms. The van der Waals surface area contributed by atoms with Gasteiger partial charge in [0.25, 0.3) is 5.91 Å². The Balaban J connectivity index is 1.91. The largest absolute Gasteiger partial charge is 0.497 e. The second-order valence-electron chi connectivity index (χ2n) is 5.53. The number of methoxy groups -OCH3 is 1. The fraction of sp³-hybridized carbons (Fsp3) is 0.125. The average molecular weight is 442 g/mol. The monoisotopic (exact) mass is 442 g/mol. The highest BCUT2D eigenvalue weighted by molar-refractivity contribution is 8.26. The number of halogens is 3. The molecule has 0 saturated carbocycles. The fourth-order valence-corrected chi connectivity index (χ4v) is 4.31. The van der Waals surface area contributed by atoms with Crippen molar-refractivity contribution in [3.05, 3.63) is 39.9 Å². The standard InChI is InChI=1S/C16H9F3N4O2S3/c1-25-8-4-2-7(3-5-8)11-9(6-10-12(24)21-15(26)27-10)23-14(20-11)28-13(22-23)16(17,18)19/h2-6H,1H3,(H,21,24,26)/b10-6-. The van der Waals surface area contributed by atoms with Gasteiger partial charge in [0.15, 0.2) is 0 Å². The van der Waals surface area contributed by atoms with Crippen LogP contribution in [0.5, 0.6) is 5.75 Å². The Morgan fingerprint density at radius 2 is 2.00 bits per heavy atom. The summed E-state index contributed by atoms with van der Waals surface area (Å²) in [5.74, 6) is 0.204. The SMILES string of the molecule is COc1ccc(-c2nc3sc(C(F)(F)F)nn3c2/C=C2\SC(=S)NC2=O)cc1. The molecular formula is C16H9F3N4O2S3. The quantitative estimate of drug-likeness (QED) is 0.489. The number of thiocarbonyl (C=S) groups is 1. The van der Waals surface area contributed by atoms with Gasteiger partial charge in [-0.1, -0.05) is 35.3 Å². The topological polar surface area (TPSA) is 68.5 Å². The van der Waals surface area contributed by atoms with E-state index in [4.69, 9.17) is 17.0 Å². The summed E-state index contributed by atoms with van der Waals surface area (Å²) < 4.78 is 45.6. The molecule has 1 fully saturated rings. The predicted molar refractivity (Wildman–Crippen MR) is 104 cm³/mol. The van der Waals surface area contributed by atoms with Gasteiger partial charge in [-0.3, -0.25) is 4.79 Å². The zero-order valence-corrected chi connectivity index (χ0v) is 16.4. The van der Waals surface area contributed by atoms with Crippen LogP contribution in [0.3, 0.4) is 0 Å². The van der Waals surface area contributed by atoms with Crippen LogP contribution in [0.1, 0.15) is 10.7 Å². The van der Waals surface area contributed by atoms with E-state index >= 15 is 0 Å². The zero-order chi connectivity index (χ0) is 20.1. The van der Waals surface area contributed by atoms with Crippen LogP contribution in [0.25, 0.3) is 22.3 Å². The van der Waals surface area contributed by atoms with E-state index in [1.807, 2.05) is 0 Å². The molecule has 0 atom stereocenters. The normalized spacial score (nSPS) is 16.2. The lowest BCUT2D eigenvalue weighted by atomic mass is 10.1. The van der Waals surface area contributed by atoms with Crippen LogP contribution in [0.15, 0.2) is 29.2 Å². The summed E-state index contributed by atoms with van der Waals surface area (Å²) in [6.07, 6.45) is -3.14. The number of hydrogen-bond acceptors (Lipinski definition) is 7. The van der Waals surface area contributed by atoms with Crippen LogP contribution in [-0.2, 0) is 11.0 Å². The van der Waals surface area contributed by atoms with Gasteiger partial charge in [0.2, 0.25) is 9.97 Å². The number of nitrogens with one attached hydrogen (secondary N) is 1. The summed E-state index contributed by atoms with van der Waals surface area (Å²) in [6, 6.07) is 6.87. The molecule has 12 heteroatoms. The van der Waals surface area contributed by atoms with Gasteiger partial charge in [-0.2, -0.15) is 13.2 Å². The third kappa shape index (κ3) is 3.38. The lowest BCUT2D eigenvalue weighted by Crippen LogP contribution is -2.17. The molecule has 0 unspecified atom stereocenters. The van der Waals surface area contributed by atoms with Gasteiger partial charge in [-0.15, -0.1) is 5.10 Å². The smallest absolute Gasteiger partial charge is 0.445 e. The van der Waals surface area contributed by atoms with E-state index in [1.54, 1.807) is 24.3 Å². The molecule has 1 amide bonds. The zero-order valence-electron chi connectivity index (χ0n) is 13.9. The third-order valence-electron chi connectivity index (χ3n) is 3.75. The molecule has 1 aliphatic heterocycles. The van der Waals surface area contributed by atoms with Crippen molar-refractivity contribution in [3.8, 4) is 17.0 Å². The lowest BCUT2D eigenvalue weighted by Gasteiger charge is -2.03. The van der Waals surface area contributed by atoms with E-state index in [0.29, 0.717) is 28.3 Å².